The lowest BCUT2D eigenvalue weighted by Crippen LogP contribution is -2.34. The molecule has 0 aromatic heterocycles. The highest BCUT2D eigenvalue weighted by molar-refractivity contribution is 7.80. The molecular formula is C17H26ClNOS. The second kappa shape index (κ2) is 8.70. The molecule has 1 aromatic carbocycles. The van der Waals surface area contributed by atoms with Gasteiger partial charge in [-0.2, -0.15) is 0 Å². The molecule has 1 rings (SSSR count). The second-order valence-corrected chi connectivity index (χ2v) is 7.24. The Morgan fingerprint density at radius 1 is 1.14 bits per heavy atom. The van der Waals surface area contributed by atoms with Gasteiger partial charge in [0.15, 0.2) is 0 Å². The smallest absolute Gasteiger partial charge is 0.255 e. The van der Waals surface area contributed by atoms with Gasteiger partial charge in [-0.05, 0) is 42.9 Å². The number of amides is 1. The zero-order valence-electron chi connectivity index (χ0n) is 13.4. The van der Waals surface area contributed by atoms with Crippen molar-refractivity contribution in [2.24, 2.45) is 11.8 Å². The molecule has 0 unspecified atom stereocenters. The molecule has 0 N–H and O–H groups in total. The summed E-state index contributed by atoms with van der Waals surface area (Å²) < 4.78 is 0. The molecule has 0 spiro atoms. The third-order valence-corrected chi connectivity index (χ3v) is 4.03. The summed E-state index contributed by atoms with van der Waals surface area (Å²) in [7, 11) is 0. The standard InChI is InChI=1S/C17H26ClNOS/c1-12(2)7-9-19(10-8-13(3)4)17(20)15-11-14(21)5-6-16(15)18/h5-6,11-13,21H,7-10H2,1-4H3. The number of nitrogens with zero attached hydrogens (tertiary/aromatic N) is 1. The molecule has 0 bridgehead atoms. The maximum atomic E-state index is 12.8. The predicted molar refractivity (Wildman–Crippen MR) is 93.5 cm³/mol. The van der Waals surface area contributed by atoms with Crippen molar-refractivity contribution >= 4 is 30.1 Å². The van der Waals surface area contributed by atoms with Crippen molar-refractivity contribution in [3.8, 4) is 0 Å². The summed E-state index contributed by atoms with van der Waals surface area (Å²) in [5, 5.41) is 0.497. The molecule has 21 heavy (non-hydrogen) atoms. The molecule has 0 heterocycles. The third-order valence-electron chi connectivity index (χ3n) is 3.42. The first-order valence-electron chi connectivity index (χ1n) is 7.59. The normalized spacial score (nSPS) is 11.2. The van der Waals surface area contributed by atoms with Crippen LogP contribution in [0.25, 0.3) is 0 Å². The lowest BCUT2D eigenvalue weighted by Gasteiger charge is -2.25. The molecule has 1 aromatic rings. The summed E-state index contributed by atoms with van der Waals surface area (Å²) in [5.74, 6) is 1.16. The fraction of sp³-hybridized carbons (Fsp3) is 0.588. The first kappa shape index (κ1) is 18.4. The molecule has 2 nitrogen and oxygen atoms in total. The van der Waals surface area contributed by atoms with Crippen molar-refractivity contribution < 1.29 is 4.79 Å². The zero-order chi connectivity index (χ0) is 16.0. The minimum Gasteiger partial charge on any atom is -0.339 e. The van der Waals surface area contributed by atoms with E-state index in [9.17, 15) is 4.79 Å². The molecule has 0 radical (unpaired) electrons. The first-order valence-corrected chi connectivity index (χ1v) is 8.41. The van der Waals surface area contributed by atoms with E-state index in [1.807, 2.05) is 4.90 Å². The Balaban J connectivity index is 2.89. The van der Waals surface area contributed by atoms with Gasteiger partial charge in [-0.1, -0.05) is 39.3 Å². The average Bonchev–Trinajstić information content (AvgIpc) is 2.40. The van der Waals surface area contributed by atoms with Crippen molar-refractivity contribution in [2.75, 3.05) is 13.1 Å². The number of halogens is 1. The fourth-order valence-electron chi connectivity index (χ4n) is 1.99. The highest BCUT2D eigenvalue weighted by Gasteiger charge is 2.19. The van der Waals surface area contributed by atoms with Crippen LogP contribution in [0.1, 0.15) is 50.9 Å². The summed E-state index contributed by atoms with van der Waals surface area (Å²) in [6.45, 7) is 10.2. The maximum absolute atomic E-state index is 12.8. The van der Waals surface area contributed by atoms with Crippen molar-refractivity contribution in [3.05, 3.63) is 28.8 Å². The van der Waals surface area contributed by atoms with Gasteiger partial charge in [0.05, 0.1) is 10.6 Å². The van der Waals surface area contributed by atoms with Crippen LogP contribution in [0.5, 0.6) is 0 Å². The Kier molecular flexibility index (Phi) is 7.61. The Labute approximate surface area is 139 Å². The number of carbonyl (C=O) groups is 1. The summed E-state index contributed by atoms with van der Waals surface area (Å²) >= 11 is 10.5. The number of thiol groups is 1. The molecule has 4 heteroatoms. The molecule has 0 fully saturated rings. The molecular weight excluding hydrogens is 302 g/mol. The molecule has 0 aliphatic heterocycles. The largest absolute Gasteiger partial charge is 0.339 e. The van der Waals surface area contributed by atoms with Crippen LogP contribution >= 0.6 is 24.2 Å². The number of hydrogen-bond acceptors (Lipinski definition) is 2. The Morgan fingerprint density at radius 2 is 1.67 bits per heavy atom. The van der Waals surface area contributed by atoms with Crippen molar-refractivity contribution in [3.63, 3.8) is 0 Å². The minimum atomic E-state index is 0.0113. The van der Waals surface area contributed by atoms with Crippen LogP contribution in [0.4, 0.5) is 0 Å². The van der Waals surface area contributed by atoms with E-state index >= 15 is 0 Å². The van der Waals surface area contributed by atoms with Gasteiger partial charge < -0.3 is 4.90 Å². The average molecular weight is 328 g/mol. The third kappa shape index (κ3) is 6.31. The van der Waals surface area contributed by atoms with Gasteiger partial charge in [0.25, 0.3) is 5.91 Å². The van der Waals surface area contributed by atoms with Gasteiger partial charge in [-0.25, -0.2) is 0 Å². The molecule has 0 atom stereocenters. The van der Waals surface area contributed by atoms with E-state index in [0.717, 1.165) is 30.8 Å². The first-order chi connectivity index (χ1) is 9.81. The van der Waals surface area contributed by atoms with Crippen LogP contribution < -0.4 is 0 Å². The van der Waals surface area contributed by atoms with Gasteiger partial charge in [-0.15, -0.1) is 12.6 Å². The number of carbonyl (C=O) groups excluding carboxylic acids is 1. The highest BCUT2D eigenvalue weighted by Crippen LogP contribution is 2.22. The van der Waals surface area contributed by atoms with E-state index < -0.39 is 0 Å². The van der Waals surface area contributed by atoms with E-state index in [1.54, 1.807) is 18.2 Å². The topological polar surface area (TPSA) is 20.3 Å². The Hall–Kier alpha value is -0.670. The van der Waals surface area contributed by atoms with E-state index in [0.29, 0.717) is 22.4 Å². The lowest BCUT2D eigenvalue weighted by atomic mass is 10.1. The maximum Gasteiger partial charge on any atom is 0.255 e. The number of hydrogen-bond donors (Lipinski definition) is 1. The highest BCUT2D eigenvalue weighted by atomic mass is 35.5. The Bertz CT molecular complexity index is 462. The molecule has 1 amide bonds. The van der Waals surface area contributed by atoms with Crippen LogP contribution in [0.2, 0.25) is 5.02 Å². The predicted octanol–water partition coefficient (Wildman–Crippen LogP) is 5.16. The van der Waals surface area contributed by atoms with E-state index in [4.69, 9.17) is 11.6 Å². The van der Waals surface area contributed by atoms with E-state index in [-0.39, 0.29) is 5.91 Å². The zero-order valence-corrected chi connectivity index (χ0v) is 15.0. The van der Waals surface area contributed by atoms with Crippen LogP contribution in [0.15, 0.2) is 23.1 Å². The summed E-state index contributed by atoms with van der Waals surface area (Å²) in [6, 6.07) is 5.29. The minimum absolute atomic E-state index is 0.0113. The monoisotopic (exact) mass is 327 g/mol. The van der Waals surface area contributed by atoms with Crippen molar-refractivity contribution in [1.29, 1.82) is 0 Å². The van der Waals surface area contributed by atoms with Gasteiger partial charge in [-0.3, -0.25) is 4.79 Å². The van der Waals surface area contributed by atoms with Crippen LogP contribution in [-0.2, 0) is 0 Å². The van der Waals surface area contributed by atoms with Gasteiger partial charge in [0.1, 0.15) is 0 Å². The quantitative estimate of drug-likeness (QED) is 0.685. The van der Waals surface area contributed by atoms with Crippen LogP contribution in [0, 0.1) is 11.8 Å². The molecule has 118 valence electrons. The fourth-order valence-corrected chi connectivity index (χ4v) is 2.39. The summed E-state index contributed by atoms with van der Waals surface area (Å²) in [4.78, 5) is 15.4. The van der Waals surface area contributed by atoms with Crippen LogP contribution in [0.3, 0.4) is 0 Å². The SMILES string of the molecule is CC(C)CCN(CCC(C)C)C(=O)c1cc(S)ccc1Cl. The molecule has 0 aliphatic rings. The lowest BCUT2D eigenvalue weighted by molar-refractivity contribution is 0.0740. The van der Waals surface area contributed by atoms with E-state index in [2.05, 4.69) is 40.3 Å². The van der Waals surface area contributed by atoms with Gasteiger partial charge >= 0.3 is 0 Å². The van der Waals surface area contributed by atoms with Crippen LogP contribution in [-0.4, -0.2) is 23.9 Å². The summed E-state index contributed by atoms with van der Waals surface area (Å²) in [6.07, 6.45) is 2.00. The van der Waals surface area contributed by atoms with Gasteiger partial charge in [0, 0.05) is 18.0 Å². The summed E-state index contributed by atoms with van der Waals surface area (Å²) in [5.41, 5.74) is 0.552. The molecule has 0 aliphatic carbocycles. The number of rotatable bonds is 7. The second-order valence-electron chi connectivity index (χ2n) is 6.32. The number of benzene rings is 1. The molecule has 0 saturated heterocycles. The van der Waals surface area contributed by atoms with Crippen molar-refractivity contribution in [2.45, 2.75) is 45.4 Å². The molecule has 0 saturated carbocycles. The van der Waals surface area contributed by atoms with E-state index in [1.165, 1.54) is 0 Å². The van der Waals surface area contributed by atoms with Gasteiger partial charge in [0.2, 0.25) is 0 Å². The Morgan fingerprint density at radius 3 is 2.14 bits per heavy atom. The van der Waals surface area contributed by atoms with Crippen molar-refractivity contribution in [1.82, 2.24) is 4.90 Å².